The van der Waals surface area contributed by atoms with Crippen molar-refractivity contribution in [1.29, 1.82) is 0 Å². The highest BCUT2D eigenvalue weighted by molar-refractivity contribution is 5.95. The molecule has 26 heavy (non-hydrogen) atoms. The second-order valence-electron chi connectivity index (χ2n) is 5.70. The zero-order valence-corrected chi connectivity index (χ0v) is 13.6. The lowest BCUT2D eigenvalue weighted by Gasteiger charge is -2.22. The molecule has 9 heteroatoms. The van der Waals surface area contributed by atoms with E-state index in [0.717, 1.165) is 12.3 Å². The van der Waals surface area contributed by atoms with Crippen molar-refractivity contribution >= 4 is 23.1 Å². The maximum atomic E-state index is 12.5. The van der Waals surface area contributed by atoms with Crippen molar-refractivity contribution < 1.29 is 22.7 Å². The number of ether oxygens (including phenoxy) is 1. The number of halogens is 3. The standard InChI is InChI=1S/C17H17F3N4O2/c18-17(19,20)11-1-6-15(22-9-11)23-12-2-4-13(5-3-12)24-16(25)14-10-26-8-7-21-14/h1-6,9,14,21H,7-8,10H2,(H,22,23)(H,24,25). The third-order valence-electron chi connectivity index (χ3n) is 3.75. The predicted octanol–water partition coefficient (Wildman–Crippen LogP) is 2.77. The van der Waals surface area contributed by atoms with E-state index in [9.17, 15) is 18.0 Å². The highest BCUT2D eigenvalue weighted by Crippen LogP contribution is 2.29. The van der Waals surface area contributed by atoms with Crippen LogP contribution in [0.15, 0.2) is 42.6 Å². The Bertz CT molecular complexity index is 742. The molecule has 3 rings (SSSR count). The summed E-state index contributed by atoms with van der Waals surface area (Å²) in [6.45, 7) is 1.54. The van der Waals surface area contributed by atoms with Gasteiger partial charge in [0.1, 0.15) is 11.9 Å². The van der Waals surface area contributed by atoms with Crippen LogP contribution in [0, 0.1) is 0 Å². The summed E-state index contributed by atoms with van der Waals surface area (Å²) in [6.07, 6.45) is -3.64. The highest BCUT2D eigenvalue weighted by atomic mass is 19.4. The molecule has 1 unspecified atom stereocenters. The molecule has 1 aromatic carbocycles. The van der Waals surface area contributed by atoms with Crippen LogP contribution in [0.5, 0.6) is 0 Å². The van der Waals surface area contributed by atoms with Gasteiger partial charge >= 0.3 is 6.18 Å². The van der Waals surface area contributed by atoms with Crippen molar-refractivity contribution in [3.05, 3.63) is 48.2 Å². The number of nitrogens with one attached hydrogen (secondary N) is 3. The van der Waals surface area contributed by atoms with Gasteiger partial charge in [-0.05, 0) is 36.4 Å². The number of nitrogens with zero attached hydrogens (tertiary/aromatic N) is 1. The van der Waals surface area contributed by atoms with E-state index in [0.29, 0.717) is 37.0 Å². The first-order valence-corrected chi connectivity index (χ1v) is 7.94. The number of carbonyl (C=O) groups excluding carboxylic acids is 1. The van der Waals surface area contributed by atoms with Crippen molar-refractivity contribution in [3.8, 4) is 0 Å². The molecule has 0 aliphatic carbocycles. The summed E-state index contributed by atoms with van der Waals surface area (Å²) in [6, 6.07) is 8.59. The first-order chi connectivity index (χ1) is 12.4. The van der Waals surface area contributed by atoms with E-state index in [1.807, 2.05) is 0 Å². The minimum Gasteiger partial charge on any atom is -0.378 e. The van der Waals surface area contributed by atoms with Gasteiger partial charge in [-0.2, -0.15) is 13.2 Å². The van der Waals surface area contributed by atoms with Crippen LogP contribution in [-0.2, 0) is 15.7 Å². The summed E-state index contributed by atoms with van der Waals surface area (Å²) in [7, 11) is 0. The number of rotatable bonds is 4. The molecule has 2 aromatic rings. The summed E-state index contributed by atoms with van der Waals surface area (Å²) in [5.41, 5.74) is 0.434. The average molecular weight is 366 g/mol. The Labute approximate surface area is 147 Å². The van der Waals surface area contributed by atoms with Crippen molar-refractivity contribution in [3.63, 3.8) is 0 Å². The normalized spacial score (nSPS) is 17.6. The molecule has 1 amide bonds. The Morgan fingerprint density at radius 1 is 1.15 bits per heavy atom. The molecule has 2 heterocycles. The van der Waals surface area contributed by atoms with E-state index in [1.54, 1.807) is 24.3 Å². The quantitative estimate of drug-likeness (QED) is 0.776. The van der Waals surface area contributed by atoms with E-state index < -0.39 is 17.8 Å². The number of amides is 1. The minimum absolute atomic E-state index is 0.185. The number of hydrogen-bond acceptors (Lipinski definition) is 5. The topological polar surface area (TPSA) is 75.3 Å². The number of alkyl halides is 3. The summed E-state index contributed by atoms with van der Waals surface area (Å²) in [5.74, 6) is 0.105. The molecule has 138 valence electrons. The summed E-state index contributed by atoms with van der Waals surface area (Å²) in [5, 5.41) is 8.74. The lowest BCUT2D eigenvalue weighted by Crippen LogP contribution is -2.48. The van der Waals surface area contributed by atoms with E-state index in [1.165, 1.54) is 6.07 Å². The molecule has 1 atom stereocenters. The molecule has 1 aromatic heterocycles. The monoisotopic (exact) mass is 366 g/mol. The Morgan fingerprint density at radius 2 is 1.88 bits per heavy atom. The lowest BCUT2D eigenvalue weighted by molar-refractivity contribution is -0.137. The zero-order chi connectivity index (χ0) is 18.6. The number of carbonyl (C=O) groups is 1. The molecule has 3 N–H and O–H groups in total. The van der Waals surface area contributed by atoms with E-state index in [2.05, 4.69) is 20.9 Å². The fraction of sp³-hybridized carbons (Fsp3) is 0.294. The van der Waals surface area contributed by atoms with Gasteiger partial charge in [0.25, 0.3) is 0 Å². The molecule has 0 spiro atoms. The van der Waals surface area contributed by atoms with E-state index in [-0.39, 0.29) is 5.91 Å². The van der Waals surface area contributed by atoms with Crippen molar-refractivity contribution in [2.75, 3.05) is 30.4 Å². The van der Waals surface area contributed by atoms with Crippen molar-refractivity contribution in [2.24, 2.45) is 0 Å². The molecular formula is C17H17F3N4O2. The van der Waals surface area contributed by atoms with Crippen LogP contribution in [0.2, 0.25) is 0 Å². The fourth-order valence-electron chi connectivity index (χ4n) is 2.38. The van der Waals surface area contributed by atoms with E-state index in [4.69, 9.17) is 4.74 Å². The third kappa shape index (κ3) is 4.70. The third-order valence-corrected chi connectivity index (χ3v) is 3.75. The van der Waals surface area contributed by atoms with Crippen LogP contribution in [-0.4, -0.2) is 36.7 Å². The Kier molecular flexibility index (Phi) is 5.38. The van der Waals surface area contributed by atoms with Crippen LogP contribution >= 0.6 is 0 Å². The van der Waals surface area contributed by atoms with Gasteiger partial charge in [0, 0.05) is 24.1 Å². The minimum atomic E-state index is -4.41. The van der Waals surface area contributed by atoms with Gasteiger partial charge in [-0.3, -0.25) is 4.79 Å². The Morgan fingerprint density at radius 3 is 2.46 bits per heavy atom. The van der Waals surface area contributed by atoms with Crippen molar-refractivity contribution in [2.45, 2.75) is 12.2 Å². The van der Waals surface area contributed by atoms with Crippen LogP contribution in [0.25, 0.3) is 0 Å². The molecule has 1 aliphatic heterocycles. The molecular weight excluding hydrogens is 349 g/mol. The molecule has 0 radical (unpaired) electrons. The van der Waals surface area contributed by atoms with Gasteiger partial charge in [0.2, 0.25) is 5.91 Å². The number of hydrogen-bond donors (Lipinski definition) is 3. The molecule has 1 fully saturated rings. The zero-order valence-electron chi connectivity index (χ0n) is 13.6. The molecule has 1 aliphatic rings. The maximum absolute atomic E-state index is 12.5. The number of anilines is 3. The fourth-order valence-corrected chi connectivity index (χ4v) is 2.38. The van der Waals surface area contributed by atoms with Crippen LogP contribution in [0.3, 0.4) is 0 Å². The SMILES string of the molecule is O=C(Nc1ccc(Nc2ccc(C(F)(F)F)cn2)cc1)C1COCCN1. The maximum Gasteiger partial charge on any atom is 0.417 e. The predicted molar refractivity (Wildman–Crippen MR) is 90.2 cm³/mol. The highest BCUT2D eigenvalue weighted by Gasteiger charge is 2.30. The summed E-state index contributed by atoms with van der Waals surface area (Å²) >= 11 is 0. The van der Waals surface area contributed by atoms with E-state index >= 15 is 0 Å². The van der Waals surface area contributed by atoms with Crippen molar-refractivity contribution in [1.82, 2.24) is 10.3 Å². The Balaban J connectivity index is 1.58. The summed E-state index contributed by atoms with van der Waals surface area (Å²) in [4.78, 5) is 15.8. The molecule has 0 bridgehead atoms. The number of pyridine rings is 1. The second-order valence-corrected chi connectivity index (χ2v) is 5.70. The summed E-state index contributed by atoms with van der Waals surface area (Å²) < 4.78 is 42.8. The smallest absolute Gasteiger partial charge is 0.378 e. The van der Waals surface area contributed by atoms with Gasteiger partial charge in [0.15, 0.2) is 0 Å². The molecule has 6 nitrogen and oxygen atoms in total. The number of morpholine rings is 1. The van der Waals surface area contributed by atoms with Crippen LogP contribution in [0.4, 0.5) is 30.4 Å². The average Bonchev–Trinajstić information content (AvgIpc) is 2.64. The van der Waals surface area contributed by atoms with Crippen LogP contribution < -0.4 is 16.0 Å². The number of aromatic nitrogens is 1. The van der Waals surface area contributed by atoms with Crippen LogP contribution in [0.1, 0.15) is 5.56 Å². The first-order valence-electron chi connectivity index (χ1n) is 7.94. The van der Waals surface area contributed by atoms with Gasteiger partial charge < -0.3 is 20.7 Å². The Hall–Kier alpha value is -2.65. The van der Waals surface area contributed by atoms with Gasteiger partial charge in [-0.15, -0.1) is 0 Å². The second kappa shape index (κ2) is 7.71. The largest absolute Gasteiger partial charge is 0.417 e. The number of benzene rings is 1. The first kappa shape index (κ1) is 18.2. The molecule has 0 saturated carbocycles. The van der Waals surface area contributed by atoms with Gasteiger partial charge in [-0.1, -0.05) is 0 Å². The molecule has 1 saturated heterocycles. The van der Waals surface area contributed by atoms with Gasteiger partial charge in [0.05, 0.1) is 18.8 Å². The van der Waals surface area contributed by atoms with Gasteiger partial charge in [-0.25, -0.2) is 4.98 Å². The lowest BCUT2D eigenvalue weighted by atomic mass is 10.2.